The third-order valence-corrected chi connectivity index (χ3v) is 4.94. The summed E-state index contributed by atoms with van der Waals surface area (Å²) in [6, 6.07) is 0. The molecule has 16 heavy (non-hydrogen) atoms. The maximum Gasteiger partial charge on any atom is 0.214 e. The molecule has 1 fully saturated rings. The monoisotopic (exact) mass is 248 g/mol. The van der Waals surface area contributed by atoms with E-state index in [0.717, 1.165) is 0 Å². The lowest BCUT2D eigenvalue weighted by atomic mass is 10.00. The van der Waals surface area contributed by atoms with E-state index in [4.69, 9.17) is 5.21 Å². The lowest BCUT2D eigenvalue weighted by molar-refractivity contribution is 0.300. The molecule has 1 rings (SSSR count). The highest BCUT2D eigenvalue weighted by Crippen LogP contribution is 2.18. The molecular weight excluding hydrogens is 228 g/mol. The van der Waals surface area contributed by atoms with Crippen LogP contribution in [0.4, 0.5) is 0 Å². The zero-order valence-corrected chi connectivity index (χ0v) is 10.9. The van der Waals surface area contributed by atoms with Crippen molar-refractivity contribution in [2.24, 2.45) is 17.0 Å². The minimum Gasteiger partial charge on any atom is -0.411 e. The van der Waals surface area contributed by atoms with Crippen LogP contribution in [0.3, 0.4) is 0 Å². The number of hydrogen-bond donors (Lipinski definition) is 1. The van der Waals surface area contributed by atoms with Crippen molar-refractivity contribution < 1.29 is 13.6 Å². The summed E-state index contributed by atoms with van der Waals surface area (Å²) in [5.74, 6) is 0.319. The van der Waals surface area contributed by atoms with Crippen LogP contribution in [0.5, 0.6) is 0 Å². The van der Waals surface area contributed by atoms with E-state index in [1.807, 2.05) is 20.8 Å². The molecule has 1 atom stereocenters. The second kappa shape index (κ2) is 5.14. The SMILES string of the molecule is CC(C)CS(=O)(=O)N1CCC(=NO)C(C)C1. The highest BCUT2D eigenvalue weighted by molar-refractivity contribution is 7.89. The fourth-order valence-electron chi connectivity index (χ4n) is 1.92. The molecule has 6 heteroatoms. The van der Waals surface area contributed by atoms with Crippen molar-refractivity contribution in [1.82, 2.24) is 4.31 Å². The van der Waals surface area contributed by atoms with Gasteiger partial charge in [-0.25, -0.2) is 12.7 Å². The second-order valence-electron chi connectivity index (χ2n) is 4.77. The molecular formula is C10H20N2O3S. The van der Waals surface area contributed by atoms with Crippen molar-refractivity contribution in [3.63, 3.8) is 0 Å². The van der Waals surface area contributed by atoms with Gasteiger partial charge in [-0.15, -0.1) is 0 Å². The molecule has 0 aromatic heterocycles. The van der Waals surface area contributed by atoms with Crippen LogP contribution in [-0.2, 0) is 10.0 Å². The van der Waals surface area contributed by atoms with Gasteiger partial charge in [0.05, 0.1) is 11.5 Å². The van der Waals surface area contributed by atoms with Gasteiger partial charge in [0.1, 0.15) is 0 Å². The van der Waals surface area contributed by atoms with Crippen LogP contribution < -0.4 is 0 Å². The number of hydrogen-bond acceptors (Lipinski definition) is 4. The molecule has 0 radical (unpaired) electrons. The first-order chi connectivity index (χ1) is 7.36. The molecule has 1 saturated heterocycles. The predicted octanol–water partition coefficient (Wildman–Crippen LogP) is 1.14. The zero-order valence-electron chi connectivity index (χ0n) is 10.0. The number of piperidine rings is 1. The van der Waals surface area contributed by atoms with Gasteiger partial charge >= 0.3 is 0 Å². The highest BCUT2D eigenvalue weighted by Gasteiger charge is 2.30. The standard InChI is InChI=1S/C10H20N2O3S/c1-8(2)7-16(14,15)12-5-4-10(11-13)9(3)6-12/h8-9,13H,4-7H2,1-3H3. The van der Waals surface area contributed by atoms with E-state index in [-0.39, 0.29) is 17.6 Å². The number of sulfonamides is 1. The Morgan fingerprint density at radius 1 is 1.56 bits per heavy atom. The molecule has 0 spiro atoms. The van der Waals surface area contributed by atoms with Gasteiger partial charge in [-0.2, -0.15) is 0 Å². The van der Waals surface area contributed by atoms with E-state index < -0.39 is 10.0 Å². The van der Waals surface area contributed by atoms with Gasteiger partial charge in [-0.3, -0.25) is 0 Å². The predicted molar refractivity (Wildman–Crippen MR) is 63.2 cm³/mol. The Hall–Kier alpha value is -0.620. The third kappa shape index (κ3) is 3.18. The number of nitrogens with zero attached hydrogens (tertiary/aromatic N) is 2. The summed E-state index contributed by atoms with van der Waals surface area (Å²) in [6.07, 6.45) is 0.523. The van der Waals surface area contributed by atoms with E-state index in [0.29, 0.717) is 25.2 Å². The summed E-state index contributed by atoms with van der Waals surface area (Å²) in [6.45, 7) is 6.52. The second-order valence-corrected chi connectivity index (χ2v) is 6.79. The van der Waals surface area contributed by atoms with Crippen molar-refractivity contribution in [2.75, 3.05) is 18.8 Å². The number of rotatable bonds is 3. The van der Waals surface area contributed by atoms with Gasteiger partial charge in [0, 0.05) is 25.4 Å². The van der Waals surface area contributed by atoms with Crippen LogP contribution in [0.2, 0.25) is 0 Å². The fourth-order valence-corrected chi connectivity index (χ4v) is 3.79. The van der Waals surface area contributed by atoms with E-state index in [9.17, 15) is 8.42 Å². The average Bonchev–Trinajstić information content (AvgIpc) is 2.15. The first-order valence-electron chi connectivity index (χ1n) is 5.55. The topological polar surface area (TPSA) is 70.0 Å². The van der Waals surface area contributed by atoms with Gasteiger partial charge in [-0.05, 0) is 5.92 Å². The van der Waals surface area contributed by atoms with Crippen LogP contribution in [0, 0.1) is 11.8 Å². The molecule has 1 N–H and O–H groups in total. The Kier molecular flexibility index (Phi) is 4.32. The maximum atomic E-state index is 12.0. The molecule has 0 bridgehead atoms. The summed E-state index contributed by atoms with van der Waals surface area (Å²) in [5, 5.41) is 11.9. The molecule has 1 unspecified atom stereocenters. The molecule has 0 saturated carbocycles. The Morgan fingerprint density at radius 3 is 2.62 bits per heavy atom. The van der Waals surface area contributed by atoms with Gasteiger partial charge in [0.25, 0.3) is 0 Å². The van der Waals surface area contributed by atoms with E-state index in [1.165, 1.54) is 4.31 Å². The first kappa shape index (κ1) is 13.4. The van der Waals surface area contributed by atoms with E-state index >= 15 is 0 Å². The smallest absolute Gasteiger partial charge is 0.214 e. The van der Waals surface area contributed by atoms with Crippen molar-refractivity contribution >= 4 is 15.7 Å². The van der Waals surface area contributed by atoms with Crippen LogP contribution in [0.25, 0.3) is 0 Å². The zero-order chi connectivity index (χ0) is 12.3. The van der Waals surface area contributed by atoms with Gasteiger partial charge in [0.15, 0.2) is 0 Å². The molecule has 94 valence electrons. The van der Waals surface area contributed by atoms with Crippen molar-refractivity contribution in [3.8, 4) is 0 Å². The Morgan fingerprint density at radius 2 is 2.19 bits per heavy atom. The fraction of sp³-hybridized carbons (Fsp3) is 0.900. The number of oxime groups is 1. The van der Waals surface area contributed by atoms with Crippen LogP contribution >= 0.6 is 0 Å². The van der Waals surface area contributed by atoms with Gasteiger partial charge in [-0.1, -0.05) is 25.9 Å². The minimum absolute atomic E-state index is 0.000636. The van der Waals surface area contributed by atoms with Crippen molar-refractivity contribution in [3.05, 3.63) is 0 Å². The van der Waals surface area contributed by atoms with E-state index in [2.05, 4.69) is 5.16 Å². The van der Waals surface area contributed by atoms with Crippen molar-refractivity contribution in [1.29, 1.82) is 0 Å². The largest absolute Gasteiger partial charge is 0.411 e. The maximum absolute atomic E-state index is 12.0. The molecule has 1 heterocycles. The molecule has 0 aliphatic carbocycles. The van der Waals surface area contributed by atoms with Crippen LogP contribution in [0.1, 0.15) is 27.2 Å². The third-order valence-electron chi connectivity index (χ3n) is 2.73. The summed E-state index contributed by atoms with van der Waals surface area (Å²) < 4.78 is 25.4. The van der Waals surface area contributed by atoms with Crippen LogP contribution in [-0.4, -0.2) is 42.5 Å². The Bertz CT molecular complexity index is 362. The van der Waals surface area contributed by atoms with E-state index in [1.54, 1.807) is 0 Å². The van der Waals surface area contributed by atoms with Crippen LogP contribution in [0.15, 0.2) is 5.16 Å². The normalized spacial score (nSPS) is 26.5. The molecule has 1 aliphatic heterocycles. The molecule has 0 amide bonds. The highest BCUT2D eigenvalue weighted by atomic mass is 32.2. The molecule has 0 aromatic rings. The lowest BCUT2D eigenvalue weighted by Gasteiger charge is -2.31. The Labute approximate surface area is 97.2 Å². The minimum atomic E-state index is -3.15. The average molecular weight is 248 g/mol. The molecule has 5 nitrogen and oxygen atoms in total. The van der Waals surface area contributed by atoms with Gasteiger partial charge < -0.3 is 5.21 Å². The first-order valence-corrected chi connectivity index (χ1v) is 7.16. The summed E-state index contributed by atoms with van der Waals surface area (Å²) in [5.41, 5.74) is 0.691. The summed E-state index contributed by atoms with van der Waals surface area (Å²) in [7, 11) is -3.15. The molecule has 0 aromatic carbocycles. The summed E-state index contributed by atoms with van der Waals surface area (Å²) >= 11 is 0. The quantitative estimate of drug-likeness (QED) is 0.601. The lowest BCUT2D eigenvalue weighted by Crippen LogP contribution is -2.44. The van der Waals surface area contributed by atoms with Crippen molar-refractivity contribution in [2.45, 2.75) is 27.2 Å². The molecule has 1 aliphatic rings. The van der Waals surface area contributed by atoms with Gasteiger partial charge in [0.2, 0.25) is 10.0 Å². The summed E-state index contributed by atoms with van der Waals surface area (Å²) in [4.78, 5) is 0. The Balaban J connectivity index is 2.71.